The van der Waals surface area contributed by atoms with Crippen molar-refractivity contribution in [3.63, 3.8) is 0 Å². The number of rotatable bonds is 17. The second-order valence-corrected chi connectivity index (χ2v) is 14.4. The van der Waals surface area contributed by atoms with Crippen LogP contribution in [0.4, 0.5) is 0 Å². The number of aromatic amines is 1. The molecule has 1 aromatic heterocycles. The molecule has 0 bridgehead atoms. The molecule has 1 fully saturated rings. The van der Waals surface area contributed by atoms with Gasteiger partial charge in [0.05, 0.1) is 7.11 Å². The van der Waals surface area contributed by atoms with E-state index < -0.39 is 65.6 Å². The molecule has 0 unspecified atom stereocenters. The van der Waals surface area contributed by atoms with Crippen molar-refractivity contribution < 1.29 is 38.6 Å². The zero-order valence-corrected chi connectivity index (χ0v) is 32.8. The molecule has 14 nitrogen and oxygen atoms in total. The SMILES string of the molecule is COC(=O)CC[C@H](NC(=O)CCl)C(=O)N1CCCC[C@H]1C(=O)N[C@@H](Cc1c[nH]c2ccccc12)C(=O)N[C@@H](Cc1ccc(O)cc1)C(=O)NCc1ccc(C)cc1. The topological polar surface area (TPSA) is 199 Å². The van der Waals surface area contributed by atoms with E-state index in [0.717, 1.165) is 27.6 Å². The number of para-hydroxylation sites is 1. The van der Waals surface area contributed by atoms with Crippen LogP contribution in [0, 0.1) is 6.92 Å². The maximum absolute atomic E-state index is 14.4. The summed E-state index contributed by atoms with van der Waals surface area (Å²) in [6.45, 7) is 2.39. The number of piperidine rings is 1. The summed E-state index contributed by atoms with van der Waals surface area (Å²) in [7, 11) is 1.22. The van der Waals surface area contributed by atoms with Crippen molar-refractivity contribution in [2.24, 2.45) is 0 Å². The molecule has 5 rings (SSSR count). The van der Waals surface area contributed by atoms with E-state index in [0.29, 0.717) is 18.4 Å². The number of amides is 5. The molecule has 2 heterocycles. The molecule has 6 N–H and O–H groups in total. The van der Waals surface area contributed by atoms with E-state index in [4.69, 9.17) is 16.3 Å². The normalized spacial score (nSPS) is 15.5. The number of esters is 1. The van der Waals surface area contributed by atoms with Gasteiger partial charge in [-0.1, -0.05) is 60.2 Å². The minimum atomic E-state index is -1.19. The predicted molar refractivity (Wildman–Crippen MR) is 214 cm³/mol. The summed E-state index contributed by atoms with van der Waals surface area (Å²) in [5.41, 5.74) is 4.20. The average Bonchev–Trinajstić information content (AvgIpc) is 3.64. The number of phenolic OH excluding ortho intramolecular Hbond substituents is 1. The predicted octanol–water partition coefficient (Wildman–Crippen LogP) is 3.31. The van der Waals surface area contributed by atoms with Crippen molar-refractivity contribution >= 4 is 58.0 Å². The number of hydrogen-bond donors (Lipinski definition) is 6. The van der Waals surface area contributed by atoms with Gasteiger partial charge in [-0.05, 0) is 67.5 Å². The number of aryl methyl sites for hydroxylation is 1. The van der Waals surface area contributed by atoms with E-state index in [1.54, 1.807) is 18.3 Å². The van der Waals surface area contributed by atoms with Gasteiger partial charge in [-0.3, -0.25) is 28.8 Å². The molecule has 0 aliphatic carbocycles. The Morgan fingerprint density at radius 1 is 0.860 bits per heavy atom. The van der Waals surface area contributed by atoms with E-state index in [-0.39, 0.29) is 50.9 Å². The highest BCUT2D eigenvalue weighted by atomic mass is 35.5. The van der Waals surface area contributed by atoms with Gasteiger partial charge in [-0.15, -0.1) is 11.6 Å². The molecular weight excluding hydrogens is 752 g/mol. The van der Waals surface area contributed by atoms with Gasteiger partial charge in [0.25, 0.3) is 0 Å². The van der Waals surface area contributed by atoms with Crippen LogP contribution in [0.1, 0.15) is 54.4 Å². The number of carbonyl (C=O) groups is 6. The molecule has 0 saturated carbocycles. The van der Waals surface area contributed by atoms with Gasteiger partial charge in [0.2, 0.25) is 29.5 Å². The lowest BCUT2D eigenvalue weighted by atomic mass is 9.97. The van der Waals surface area contributed by atoms with E-state index in [1.165, 1.54) is 24.1 Å². The number of alkyl halides is 1. The minimum absolute atomic E-state index is 0.0483. The number of nitrogens with zero attached hydrogens (tertiary/aromatic N) is 1. The molecule has 1 aliphatic heterocycles. The van der Waals surface area contributed by atoms with Crippen LogP contribution in [0.2, 0.25) is 0 Å². The van der Waals surface area contributed by atoms with Gasteiger partial charge >= 0.3 is 5.97 Å². The monoisotopic (exact) mass is 800 g/mol. The summed E-state index contributed by atoms with van der Waals surface area (Å²) in [5.74, 6) is -3.76. The van der Waals surface area contributed by atoms with Crippen LogP contribution in [-0.2, 0) is 52.9 Å². The summed E-state index contributed by atoms with van der Waals surface area (Å²) >= 11 is 5.73. The van der Waals surface area contributed by atoms with Gasteiger partial charge in [0.1, 0.15) is 35.8 Å². The fourth-order valence-electron chi connectivity index (χ4n) is 6.89. The Morgan fingerprint density at radius 2 is 1.56 bits per heavy atom. The second-order valence-electron chi connectivity index (χ2n) is 14.2. The van der Waals surface area contributed by atoms with Crippen LogP contribution in [0.15, 0.2) is 79.0 Å². The number of phenols is 1. The number of H-pyrrole nitrogens is 1. The molecule has 57 heavy (non-hydrogen) atoms. The van der Waals surface area contributed by atoms with Crippen LogP contribution in [0.5, 0.6) is 5.75 Å². The first kappa shape index (κ1) is 42.3. The van der Waals surface area contributed by atoms with Crippen molar-refractivity contribution in [1.82, 2.24) is 31.2 Å². The van der Waals surface area contributed by atoms with E-state index in [9.17, 15) is 33.9 Å². The first-order chi connectivity index (χ1) is 27.4. The highest BCUT2D eigenvalue weighted by Gasteiger charge is 2.38. The summed E-state index contributed by atoms with van der Waals surface area (Å²) in [4.78, 5) is 85.3. The van der Waals surface area contributed by atoms with Crippen molar-refractivity contribution in [3.8, 4) is 5.75 Å². The number of fused-ring (bicyclic) bond motifs is 1. The fraction of sp³-hybridized carbons (Fsp3) is 0.381. The number of aromatic nitrogens is 1. The quantitative estimate of drug-likeness (QED) is 0.0691. The molecule has 302 valence electrons. The number of ether oxygens (including phenoxy) is 1. The van der Waals surface area contributed by atoms with Crippen molar-refractivity contribution in [3.05, 3.63) is 101 Å². The van der Waals surface area contributed by atoms with Gasteiger partial charge in [0, 0.05) is 49.5 Å². The Labute approximate surface area is 336 Å². The van der Waals surface area contributed by atoms with Gasteiger partial charge in [-0.2, -0.15) is 0 Å². The zero-order valence-electron chi connectivity index (χ0n) is 32.0. The third-order valence-corrected chi connectivity index (χ3v) is 10.3. The summed E-state index contributed by atoms with van der Waals surface area (Å²) in [5, 5.41) is 22.0. The zero-order chi connectivity index (χ0) is 40.9. The third kappa shape index (κ3) is 11.8. The highest BCUT2D eigenvalue weighted by molar-refractivity contribution is 6.27. The lowest BCUT2D eigenvalue weighted by Crippen LogP contribution is -2.61. The minimum Gasteiger partial charge on any atom is -0.508 e. The molecule has 4 atom stereocenters. The summed E-state index contributed by atoms with van der Waals surface area (Å²) in [6.07, 6.45) is 3.18. The molecule has 0 spiro atoms. The molecule has 4 aromatic rings. The number of likely N-dealkylation sites (tertiary alicyclic amines) is 1. The lowest BCUT2D eigenvalue weighted by Gasteiger charge is -2.37. The van der Waals surface area contributed by atoms with Crippen LogP contribution < -0.4 is 21.3 Å². The molecule has 15 heteroatoms. The third-order valence-electron chi connectivity index (χ3n) is 10.0. The Morgan fingerprint density at radius 3 is 2.28 bits per heavy atom. The Kier molecular flexibility index (Phi) is 15.1. The lowest BCUT2D eigenvalue weighted by molar-refractivity contribution is -0.146. The standard InChI is InChI=1S/C42H49ClN6O8/c1-26-10-12-28(13-11-26)24-45-39(53)34(21-27-14-16-30(50)17-15-27)47-40(54)35(22-29-25-44-32-8-4-3-7-31(29)32)48-41(55)36-9-5-6-20-49(36)42(56)33(46-37(51)23-43)18-19-38(52)57-2/h3-4,7-8,10-17,25,33-36,44,50H,5-6,9,18-24H2,1-2H3,(H,45,53)(H,46,51)(H,47,54)(H,48,55)/t33-,34-,35-,36-/m0/s1. The van der Waals surface area contributed by atoms with E-state index >= 15 is 0 Å². The fourth-order valence-corrected chi connectivity index (χ4v) is 6.97. The number of aromatic hydroxyl groups is 1. The van der Waals surface area contributed by atoms with Crippen LogP contribution in [-0.4, -0.2) is 94.2 Å². The number of halogens is 1. The highest BCUT2D eigenvalue weighted by Crippen LogP contribution is 2.22. The number of nitrogens with one attached hydrogen (secondary N) is 5. The van der Waals surface area contributed by atoms with E-state index in [1.807, 2.05) is 55.5 Å². The Bertz CT molecular complexity index is 2040. The molecule has 5 amide bonds. The van der Waals surface area contributed by atoms with Crippen LogP contribution in [0.3, 0.4) is 0 Å². The van der Waals surface area contributed by atoms with Gasteiger partial charge < -0.3 is 41.0 Å². The van der Waals surface area contributed by atoms with Crippen LogP contribution >= 0.6 is 11.6 Å². The van der Waals surface area contributed by atoms with Gasteiger partial charge in [-0.25, -0.2) is 0 Å². The largest absolute Gasteiger partial charge is 0.508 e. The maximum atomic E-state index is 14.4. The van der Waals surface area contributed by atoms with Crippen LogP contribution in [0.25, 0.3) is 10.9 Å². The smallest absolute Gasteiger partial charge is 0.305 e. The first-order valence-electron chi connectivity index (χ1n) is 18.9. The molecule has 1 aliphatic rings. The molecule has 1 saturated heterocycles. The number of methoxy groups -OCH3 is 1. The maximum Gasteiger partial charge on any atom is 0.305 e. The van der Waals surface area contributed by atoms with E-state index in [2.05, 4.69) is 26.3 Å². The Hall–Kier alpha value is -5.89. The molecular formula is C42H49ClN6O8. The number of benzene rings is 3. The van der Waals surface area contributed by atoms with Crippen molar-refractivity contribution in [1.29, 1.82) is 0 Å². The number of hydrogen-bond acceptors (Lipinski definition) is 8. The number of carbonyl (C=O) groups excluding carboxylic acids is 6. The first-order valence-corrected chi connectivity index (χ1v) is 19.5. The molecule has 0 radical (unpaired) electrons. The van der Waals surface area contributed by atoms with Gasteiger partial charge in [0.15, 0.2) is 0 Å². The second kappa shape index (κ2) is 20.3. The average molecular weight is 801 g/mol. The van der Waals surface area contributed by atoms with Crippen molar-refractivity contribution in [2.75, 3.05) is 19.5 Å². The molecule has 3 aromatic carbocycles. The summed E-state index contributed by atoms with van der Waals surface area (Å²) in [6, 6.07) is 17.1. The van der Waals surface area contributed by atoms with Crippen molar-refractivity contribution in [2.45, 2.75) is 82.6 Å². The Balaban J connectivity index is 1.40. The summed E-state index contributed by atoms with van der Waals surface area (Å²) < 4.78 is 4.73.